The molecule has 0 aromatic heterocycles. The van der Waals surface area contributed by atoms with Gasteiger partial charge in [0.05, 0.1) is 6.61 Å². The van der Waals surface area contributed by atoms with E-state index in [2.05, 4.69) is 5.32 Å². The molecule has 0 aromatic rings. The minimum Gasteiger partial charge on any atom is -0.465 e. The number of hydrogen-bond acceptors (Lipinski definition) is 3. The molecule has 11 heavy (non-hydrogen) atoms. The highest BCUT2D eigenvalue weighted by molar-refractivity contribution is 5.97. The van der Waals surface area contributed by atoms with Crippen LogP contribution in [0.25, 0.3) is 0 Å². The first-order valence-electron chi connectivity index (χ1n) is 3.64. The number of nitrogens with one attached hydrogen (secondary N) is 1. The maximum atomic E-state index is 11.0. The van der Waals surface area contributed by atoms with Gasteiger partial charge in [0.2, 0.25) is 5.91 Å². The molecule has 0 aromatic carbocycles. The van der Waals surface area contributed by atoms with Crippen molar-refractivity contribution in [2.45, 2.75) is 12.8 Å². The van der Waals surface area contributed by atoms with Crippen LogP contribution in [-0.4, -0.2) is 25.5 Å². The molecule has 1 atom stereocenters. The summed E-state index contributed by atoms with van der Waals surface area (Å²) in [7, 11) is 1.52. The smallest absolute Gasteiger partial charge is 0.318 e. The summed E-state index contributed by atoms with van der Waals surface area (Å²) in [6.45, 7) is 0.451. The molecule has 1 aliphatic rings. The minimum atomic E-state index is -0.575. The van der Waals surface area contributed by atoms with Gasteiger partial charge >= 0.3 is 5.97 Å². The van der Waals surface area contributed by atoms with E-state index in [1.165, 1.54) is 7.05 Å². The van der Waals surface area contributed by atoms with Gasteiger partial charge in [-0.05, 0) is 12.8 Å². The highest BCUT2D eigenvalue weighted by Gasteiger charge is 2.29. The van der Waals surface area contributed by atoms with E-state index in [4.69, 9.17) is 4.74 Å². The van der Waals surface area contributed by atoms with Gasteiger partial charge in [0, 0.05) is 7.05 Å². The zero-order valence-corrected chi connectivity index (χ0v) is 6.42. The summed E-state index contributed by atoms with van der Waals surface area (Å²) in [4.78, 5) is 21.9. The fourth-order valence-corrected chi connectivity index (χ4v) is 1.09. The molecule has 0 spiro atoms. The SMILES string of the molecule is CNC(=O)C1CCCOC1=O. The van der Waals surface area contributed by atoms with E-state index in [1.807, 2.05) is 0 Å². The molecule has 1 N–H and O–H groups in total. The van der Waals surface area contributed by atoms with Crippen molar-refractivity contribution in [2.24, 2.45) is 5.92 Å². The lowest BCUT2D eigenvalue weighted by Crippen LogP contribution is -2.37. The molecule has 4 nitrogen and oxygen atoms in total. The third-order valence-corrected chi connectivity index (χ3v) is 1.73. The van der Waals surface area contributed by atoms with Crippen molar-refractivity contribution in [2.75, 3.05) is 13.7 Å². The second-order valence-corrected chi connectivity index (χ2v) is 2.48. The van der Waals surface area contributed by atoms with Gasteiger partial charge in [0.25, 0.3) is 0 Å². The Bertz CT molecular complexity index is 171. The number of ether oxygens (including phenoxy) is 1. The van der Waals surface area contributed by atoms with E-state index in [0.717, 1.165) is 6.42 Å². The summed E-state index contributed by atoms with van der Waals surface area (Å²) in [6.07, 6.45) is 1.39. The second-order valence-electron chi connectivity index (χ2n) is 2.48. The fraction of sp³-hybridized carbons (Fsp3) is 0.714. The predicted octanol–water partition coefficient (Wildman–Crippen LogP) is -0.314. The molecule has 1 fully saturated rings. The molecule has 1 rings (SSSR count). The molecular weight excluding hydrogens is 146 g/mol. The van der Waals surface area contributed by atoms with Crippen molar-refractivity contribution in [1.82, 2.24) is 5.32 Å². The van der Waals surface area contributed by atoms with Gasteiger partial charge in [-0.1, -0.05) is 0 Å². The van der Waals surface area contributed by atoms with Gasteiger partial charge in [-0.15, -0.1) is 0 Å². The van der Waals surface area contributed by atoms with Crippen LogP contribution in [0.1, 0.15) is 12.8 Å². The minimum absolute atomic E-state index is 0.241. The van der Waals surface area contributed by atoms with Gasteiger partial charge in [0.1, 0.15) is 5.92 Å². The quantitative estimate of drug-likeness (QED) is 0.419. The number of carbonyl (C=O) groups excluding carboxylic acids is 2. The fourth-order valence-electron chi connectivity index (χ4n) is 1.09. The highest BCUT2D eigenvalue weighted by atomic mass is 16.5. The van der Waals surface area contributed by atoms with E-state index in [1.54, 1.807) is 0 Å². The van der Waals surface area contributed by atoms with Crippen molar-refractivity contribution in [3.8, 4) is 0 Å². The van der Waals surface area contributed by atoms with Crippen molar-refractivity contribution >= 4 is 11.9 Å². The number of rotatable bonds is 1. The first-order chi connectivity index (χ1) is 5.25. The lowest BCUT2D eigenvalue weighted by molar-refractivity contribution is -0.156. The average molecular weight is 157 g/mol. The summed E-state index contributed by atoms with van der Waals surface area (Å²) in [5, 5.41) is 2.43. The molecule has 1 unspecified atom stereocenters. The van der Waals surface area contributed by atoms with Crippen molar-refractivity contribution < 1.29 is 14.3 Å². The van der Waals surface area contributed by atoms with Crippen molar-refractivity contribution in [1.29, 1.82) is 0 Å². The van der Waals surface area contributed by atoms with Gasteiger partial charge < -0.3 is 10.1 Å². The van der Waals surface area contributed by atoms with Crippen LogP contribution in [0.3, 0.4) is 0 Å². The van der Waals surface area contributed by atoms with Crippen LogP contribution < -0.4 is 5.32 Å². The van der Waals surface area contributed by atoms with Gasteiger partial charge in [0.15, 0.2) is 0 Å². The summed E-state index contributed by atoms with van der Waals surface area (Å²) in [5.74, 6) is -1.21. The normalized spacial score (nSPS) is 24.1. The summed E-state index contributed by atoms with van der Waals surface area (Å²) in [5.41, 5.74) is 0. The summed E-state index contributed by atoms with van der Waals surface area (Å²) in [6, 6.07) is 0. The zero-order valence-electron chi connectivity index (χ0n) is 6.42. The van der Waals surface area contributed by atoms with Crippen molar-refractivity contribution in [3.63, 3.8) is 0 Å². The zero-order chi connectivity index (χ0) is 8.27. The number of carbonyl (C=O) groups is 2. The van der Waals surface area contributed by atoms with E-state index in [9.17, 15) is 9.59 Å². The molecular formula is C7H11NO3. The molecule has 1 heterocycles. The van der Waals surface area contributed by atoms with Crippen LogP contribution in [0.15, 0.2) is 0 Å². The molecule has 62 valence electrons. The number of amides is 1. The monoisotopic (exact) mass is 157 g/mol. The van der Waals surface area contributed by atoms with Crippen molar-refractivity contribution in [3.05, 3.63) is 0 Å². The Kier molecular flexibility index (Phi) is 2.46. The van der Waals surface area contributed by atoms with Crippen LogP contribution in [0.5, 0.6) is 0 Å². The molecule has 1 saturated heterocycles. The number of hydrogen-bond donors (Lipinski definition) is 1. The van der Waals surface area contributed by atoms with Crippen LogP contribution in [0.4, 0.5) is 0 Å². The Balaban J connectivity index is 2.54. The van der Waals surface area contributed by atoms with Gasteiger partial charge in [-0.3, -0.25) is 9.59 Å². The van der Waals surface area contributed by atoms with E-state index in [0.29, 0.717) is 13.0 Å². The molecule has 0 aliphatic carbocycles. The first kappa shape index (κ1) is 8.04. The lowest BCUT2D eigenvalue weighted by Gasteiger charge is -2.18. The van der Waals surface area contributed by atoms with Gasteiger partial charge in [-0.2, -0.15) is 0 Å². The average Bonchev–Trinajstić information content (AvgIpc) is 2.04. The maximum Gasteiger partial charge on any atom is 0.318 e. The number of cyclic esters (lactones) is 1. The van der Waals surface area contributed by atoms with Crippen LogP contribution in [-0.2, 0) is 14.3 Å². The third kappa shape index (κ3) is 1.69. The Hall–Kier alpha value is -1.06. The van der Waals surface area contributed by atoms with E-state index in [-0.39, 0.29) is 5.91 Å². The second kappa shape index (κ2) is 3.37. The van der Waals surface area contributed by atoms with Crippen LogP contribution >= 0.6 is 0 Å². The molecule has 0 radical (unpaired) electrons. The molecule has 0 bridgehead atoms. The Morgan fingerprint density at radius 1 is 1.73 bits per heavy atom. The van der Waals surface area contributed by atoms with Gasteiger partial charge in [-0.25, -0.2) is 0 Å². The lowest BCUT2D eigenvalue weighted by atomic mass is 10.0. The standard InChI is InChI=1S/C7H11NO3/c1-8-6(9)5-3-2-4-11-7(5)10/h5H,2-4H2,1H3,(H,8,9). The topological polar surface area (TPSA) is 55.4 Å². The first-order valence-corrected chi connectivity index (χ1v) is 3.64. The molecule has 1 aliphatic heterocycles. The summed E-state index contributed by atoms with van der Waals surface area (Å²) < 4.78 is 4.71. The largest absolute Gasteiger partial charge is 0.465 e. The van der Waals surface area contributed by atoms with E-state index >= 15 is 0 Å². The Morgan fingerprint density at radius 3 is 3.00 bits per heavy atom. The predicted molar refractivity (Wildman–Crippen MR) is 37.7 cm³/mol. The Labute approximate surface area is 64.9 Å². The van der Waals surface area contributed by atoms with Crippen LogP contribution in [0.2, 0.25) is 0 Å². The van der Waals surface area contributed by atoms with E-state index < -0.39 is 11.9 Å². The maximum absolute atomic E-state index is 11.0. The molecule has 4 heteroatoms. The Morgan fingerprint density at radius 2 is 2.45 bits per heavy atom. The molecule has 0 saturated carbocycles. The number of esters is 1. The third-order valence-electron chi connectivity index (χ3n) is 1.73. The highest BCUT2D eigenvalue weighted by Crippen LogP contribution is 2.14. The van der Waals surface area contributed by atoms with Crippen LogP contribution in [0, 0.1) is 5.92 Å². The summed E-state index contributed by atoms with van der Waals surface area (Å²) >= 11 is 0. The molecule has 1 amide bonds.